The molecule has 3 heterocycles. The summed E-state index contributed by atoms with van der Waals surface area (Å²) < 4.78 is 2.02. The number of hydrazine groups is 1. The molecule has 0 amide bonds. The van der Waals surface area contributed by atoms with Gasteiger partial charge in [0.25, 0.3) is 0 Å². The average Bonchev–Trinajstić information content (AvgIpc) is 3.22. The summed E-state index contributed by atoms with van der Waals surface area (Å²) in [7, 11) is 0. The van der Waals surface area contributed by atoms with E-state index in [1.165, 1.54) is 23.2 Å². The molecule has 1 aromatic heterocycles. The Kier molecular flexibility index (Phi) is 5.64. The van der Waals surface area contributed by atoms with Gasteiger partial charge in [-0.25, -0.2) is 0 Å². The number of piperidine rings is 1. The van der Waals surface area contributed by atoms with Crippen molar-refractivity contribution in [1.82, 2.24) is 25.5 Å². The van der Waals surface area contributed by atoms with Crippen molar-refractivity contribution >= 4 is 11.6 Å². The summed E-state index contributed by atoms with van der Waals surface area (Å²) in [5.41, 5.74) is 11.0. The van der Waals surface area contributed by atoms with Crippen molar-refractivity contribution in [2.75, 3.05) is 13.1 Å². The van der Waals surface area contributed by atoms with Crippen molar-refractivity contribution in [3.63, 3.8) is 0 Å². The van der Waals surface area contributed by atoms with Crippen LogP contribution in [0.4, 0.5) is 0 Å². The van der Waals surface area contributed by atoms with E-state index >= 15 is 0 Å². The van der Waals surface area contributed by atoms with Crippen molar-refractivity contribution in [2.24, 2.45) is 5.92 Å². The van der Waals surface area contributed by atoms with Crippen LogP contribution in [0.1, 0.15) is 23.2 Å². The Hall–Kier alpha value is -1.66. The number of hydrogen-bond donors (Lipinski definition) is 2. The lowest BCUT2D eigenvalue weighted by molar-refractivity contribution is 0.147. The van der Waals surface area contributed by atoms with Crippen molar-refractivity contribution in [2.45, 2.75) is 44.9 Å². The normalized spacial score (nSPS) is 25.5. The van der Waals surface area contributed by atoms with Gasteiger partial charge in [-0.2, -0.15) is 5.10 Å². The highest BCUT2D eigenvalue weighted by Crippen LogP contribution is 2.28. The Labute approximate surface area is 166 Å². The highest BCUT2D eigenvalue weighted by molar-refractivity contribution is 6.30. The second kappa shape index (κ2) is 8.15. The van der Waals surface area contributed by atoms with Gasteiger partial charge in [0.05, 0.1) is 12.7 Å². The molecule has 0 aliphatic carbocycles. The van der Waals surface area contributed by atoms with Crippen molar-refractivity contribution in [3.05, 3.63) is 65.0 Å². The summed E-state index contributed by atoms with van der Waals surface area (Å²) in [6, 6.07) is 9.23. The molecule has 5 nitrogen and oxygen atoms in total. The Bertz CT molecular complexity index is 784. The molecule has 6 heteroatoms. The minimum absolute atomic E-state index is 0.448. The maximum absolute atomic E-state index is 6.02. The van der Waals surface area contributed by atoms with Crippen LogP contribution in [0.15, 0.2) is 43.1 Å². The van der Waals surface area contributed by atoms with E-state index in [1.54, 1.807) is 0 Å². The van der Waals surface area contributed by atoms with Gasteiger partial charge in [0.1, 0.15) is 0 Å². The average molecular weight is 386 g/mol. The van der Waals surface area contributed by atoms with Crippen LogP contribution in [0.5, 0.6) is 0 Å². The molecule has 0 radical (unpaired) electrons. The number of halogens is 1. The molecular weight excluding hydrogens is 358 g/mol. The molecule has 2 aromatic rings. The number of benzene rings is 1. The zero-order chi connectivity index (χ0) is 18.8. The monoisotopic (exact) mass is 385 g/mol. The van der Waals surface area contributed by atoms with Gasteiger partial charge in [-0.3, -0.25) is 20.4 Å². The van der Waals surface area contributed by atoms with Gasteiger partial charge in [0, 0.05) is 53.9 Å². The number of likely N-dealkylation sites (tertiary alicyclic amines) is 1. The molecule has 0 bridgehead atoms. The van der Waals surface area contributed by atoms with E-state index < -0.39 is 0 Å². The molecule has 3 unspecified atom stereocenters. The van der Waals surface area contributed by atoms with Gasteiger partial charge in [-0.1, -0.05) is 29.8 Å². The number of nitrogens with one attached hydrogen (secondary N) is 2. The van der Waals surface area contributed by atoms with E-state index in [2.05, 4.69) is 46.5 Å². The summed E-state index contributed by atoms with van der Waals surface area (Å²) in [5.74, 6) is 0.609. The van der Waals surface area contributed by atoms with Gasteiger partial charge in [-0.15, -0.1) is 6.58 Å². The Morgan fingerprint density at radius 1 is 1.30 bits per heavy atom. The van der Waals surface area contributed by atoms with Crippen LogP contribution >= 0.6 is 11.6 Å². The van der Waals surface area contributed by atoms with Crippen LogP contribution in [0.3, 0.4) is 0 Å². The maximum atomic E-state index is 6.02. The fraction of sp³-hybridized carbons (Fsp3) is 0.476. The summed E-state index contributed by atoms with van der Waals surface area (Å²) in [5, 5.41) is 5.30. The van der Waals surface area contributed by atoms with Crippen molar-refractivity contribution in [1.29, 1.82) is 0 Å². The van der Waals surface area contributed by atoms with E-state index in [0.29, 0.717) is 18.0 Å². The molecule has 2 aliphatic rings. The molecule has 3 atom stereocenters. The largest absolute Gasteiger partial charge is 0.298 e. The highest BCUT2D eigenvalue weighted by Gasteiger charge is 2.39. The number of hydrogen-bond acceptors (Lipinski definition) is 4. The van der Waals surface area contributed by atoms with Gasteiger partial charge in [-0.05, 0) is 37.5 Å². The fourth-order valence-corrected chi connectivity index (χ4v) is 4.49. The second-order valence-electron chi connectivity index (χ2n) is 7.75. The topological polar surface area (TPSA) is 45.1 Å². The first kappa shape index (κ1) is 18.7. The molecule has 0 saturated carbocycles. The fourth-order valence-electron chi connectivity index (χ4n) is 4.37. The number of aromatic nitrogens is 2. The number of allylic oxidation sites excluding steroid dienone is 1. The van der Waals surface area contributed by atoms with Gasteiger partial charge in [0.2, 0.25) is 0 Å². The van der Waals surface area contributed by atoms with Gasteiger partial charge < -0.3 is 0 Å². The Morgan fingerprint density at radius 2 is 2.11 bits per heavy atom. The molecule has 2 N–H and O–H groups in total. The second-order valence-corrected chi connectivity index (χ2v) is 8.18. The smallest absolute Gasteiger partial charge is 0.0590 e. The van der Waals surface area contributed by atoms with Crippen LogP contribution < -0.4 is 10.9 Å². The molecule has 2 aliphatic heterocycles. The zero-order valence-corrected chi connectivity index (χ0v) is 16.6. The maximum Gasteiger partial charge on any atom is 0.0590 e. The molecule has 144 valence electrons. The standard InChI is InChI=1S/C21H28ClN5/c1-3-9-27-15(2)17(12-23-27)13-26-10-8-20-19(14-26)21(25-24-20)11-16-4-6-18(22)7-5-16/h3-7,12,19-21,24-25H,1,8-11,13-14H2,2H3. The Morgan fingerprint density at radius 3 is 2.89 bits per heavy atom. The summed E-state index contributed by atoms with van der Waals surface area (Å²) >= 11 is 6.02. The van der Waals surface area contributed by atoms with E-state index in [1.807, 2.05) is 29.1 Å². The van der Waals surface area contributed by atoms with Crippen molar-refractivity contribution < 1.29 is 0 Å². The third kappa shape index (κ3) is 4.11. The molecule has 4 rings (SSSR count). The van der Waals surface area contributed by atoms with E-state index in [4.69, 9.17) is 11.6 Å². The lowest BCUT2D eigenvalue weighted by atomic mass is 9.85. The lowest BCUT2D eigenvalue weighted by Crippen LogP contribution is -2.46. The molecule has 2 saturated heterocycles. The molecule has 0 spiro atoms. The van der Waals surface area contributed by atoms with Crippen LogP contribution in [0, 0.1) is 12.8 Å². The number of fused-ring (bicyclic) bond motifs is 1. The first-order chi connectivity index (χ1) is 13.1. The first-order valence-electron chi connectivity index (χ1n) is 9.74. The number of rotatable bonds is 6. The van der Waals surface area contributed by atoms with Crippen molar-refractivity contribution in [3.8, 4) is 0 Å². The van der Waals surface area contributed by atoms with E-state index in [9.17, 15) is 0 Å². The van der Waals surface area contributed by atoms with Crippen LogP contribution in [0.2, 0.25) is 5.02 Å². The van der Waals surface area contributed by atoms with Gasteiger partial charge >= 0.3 is 0 Å². The predicted octanol–water partition coefficient (Wildman–Crippen LogP) is 2.94. The quantitative estimate of drug-likeness (QED) is 0.750. The number of nitrogens with zero attached hydrogens (tertiary/aromatic N) is 3. The summed E-state index contributed by atoms with van der Waals surface area (Å²) in [4.78, 5) is 2.58. The SMILES string of the molecule is C=CCn1ncc(CN2CCC3NNC(Cc4ccc(Cl)cc4)C3C2)c1C. The van der Waals surface area contributed by atoms with Crippen LogP contribution in [0.25, 0.3) is 0 Å². The Balaban J connectivity index is 1.40. The third-order valence-electron chi connectivity index (χ3n) is 5.98. The van der Waals surface area contributed by atoms with Crippen LogP contribution in [-0.2, 0) is 19.5 Å². The van der Waals surface area contributed by atoms with Crippen LogP contribution in [-0.4, -0.2) is 39.9 Å². The molecule has 1 aromatic carbocycles. The lowest BCUT2D eigenvalue weighted by Gasteiger charge is -2.36. The summed E-state index contributed by atoms with van der Waals surface area (Å²) in [6.07, 6.45) is 6.11. The third-order valence-corrected chi connectivity index (χ3v) is 6.23. The minimum Gasteiger partial charge on any atom is -0.298 e. The summed E-state index contributed by atoms with van der Waals surface area (Å²) in [6.45, 7) is 9.94. The first-order valence-corrected chi connectivity index (χ1v) is 10.1. The molecular formula is C21H28ClN5. The minimum atomic E-state index is 0.448. The predicted molar refractivity (Wildman–Crippen MR) is 110 cm³/mol. The van der Waals surface area contributed by atoms with Gasteiger partial charge in [0.15, 0.2) is 0 Å². The highest BCUT2D eigenvalue weighted by atomic mass is 35.5. The molecule has 27 heavy (non-hydrogen) atoms. The zero-order valence-electron chi connectivity index (χ0n) is 15.9. The molecule has 2 fully saturated rings. The van der Waals surface area contributed by atoms with E-state index in [0.717, 1.165) is 37.6 Å². The van der Waals surface area contributed by atoms with E-state index in [-0.39, 0.29) is 0 Å².